The van der Waals surface area contributed by atoms with E-state index in [0.29, 0.717) is 11.6 Å². The van der Waals surface area contributed by atoms with Crippen LogP contribution in [0, 0.1) is 12.8 Å². The molecule has 2 amide bonds. The minimum absolute atomic E-state index is 0.107. The van der Waals surface area contributed by atoms with E-state index in [1.165, 1.54) is 24.1 Å². The summed E-state index contributed by atoms with van der Waals surface area (Å²) in [6.45, 7) is 7.69. The van der Waals surface area contributed by atoms with Crippen molar-refractivity contribution in [1.82, 2.24) is 14.5 Å². The molecular formula is C24H32ClN3O4S. The Hall–Kier alpha value is -2.42. The maximum Gasteiger partial charge on any atom is 0.243 e. The highest BCUT2D eigenvalue weighted by Gasteiger charge is 2.30. The third-order valence-electron chi connectivity index (χ3n) is 5.21. The number of nitrogens with one attached hydrogen (secondary N) is 1. The van der Waals surface area contributed by atoms with Gasteiger partial charge in [-0.1, -0.05) is 55.3 Å². The number of halogens is 1. The number of nitrogens with zero attached hydrogens (tertiary/aromatic N) is 2. The zero-order chi connectivity index (χ0) is 24.8. The Bertz CT molecular complexity index is 1050. The van der Waals surface area contributed by atoms with Crippen LogP contribution in [0.5, 0.6) is 0 Å². The third-order valence-corrected chi connectivity index (χ3v) is 7.27. The molecule has 0 radical (unpaired) electrons. The van der Waals surface area contributed by atoms with Crippen molar-refractivity contribution < 1.29 is 18.0 Å². The second kappa shape index (κ2) is 11.6. The van der Waals surface area contributed by atoms with Gasteiger partial charge in [-0.25, -0.2) is 8.42 Å². The summed E-state index contributed by atoms with van der Waals surface area (Å²) in [5, 5.41) is 3.40. The molecule has 0 unspecified atom stereocenters. The summed E-state index contributed by atoms with van der Waals surface area (Å²) >= 11 is 5.96. The number of benzene rings is 2. The number of likely N-dealkylation sites (N-methyl/N-ethyl adjacent to an activating group) is 1. The largest absolute Gasteiger partial charge is 0.354 e. The first-order valence-corrected chi connectivity index (χ1v) is 12.6. The fourth-order valence-electron chi connectivity index (χ4n) is 3.08. The highest BCUT2D eigenvalue weighted by molar-refractivity contribution is 7.89. The van der Waals surface area contributed by atoms with E-state index in [1.54, 1.807) is 43.3 Å². The van der Waals surface area contributed by atoms with E-state index < -0.39 is 28.5 Å². The van der Waals surface area contributed by atoms with E-state index in [0.717, 1.165) is 15.4 Å². The summed E-state index contributed by atoms with van der Waals surface area (Å²) < 4.78 is 26.9. The van der Waals surface area contributed by atoms with Crippen LogP contribution in [0.2, 0.25) is 5.02 Å². The molecule has 1 atom stereocenters. The average Bonchev–Trinajstić information content (AvgIpc) is 2.76. The van der Waals surface area contributed by atoms with Gasteiger partial charge < -0.3 is 10.2 Å². The molecule has 2 rings (SSSR count). The second-order valence-electron chi connectivity index (χ2n) is 8.54. The molecule has 0 saturated heterocycles. The fourth-order valence-corrected chi connectivity index (χ4v) is 4.32. The average molecular weight is 494 g/mol. The van der Waals surface area contributed by atoms with Crippen LogP contribution in [0.3, 0.4) is 0 Å². The molecule has 0 aromatic heterocycles. The number of carbonyl (C=O) groups is 2. The number of aryl methyl sites for hydroxylation is 1. The van der Waals surface area contributed by atoms with E-state index in [-0.39, 0.29) is 23.3 Å². The van der Waals surface area contributed by atoms with Gasteiger partial charge >= 0.3 is 0 Å². The lowest BCUT2D eigenvalue weighted by Crippen LogP contribution is -2.51. The number of sulfonamides is 1. The molecule has 0 fully saturated rings. The monoisotopic (exact) mass is 493 g/mol. The van der Waals surface area contributed by atoms with E-state index in [1.807, 2.05) is 20.8 Å². The molecule has 0 saturated carbocycles. The van der Waals surface area contributed by atoms with Crippen molar-refractivity contribution in [3.8, 4) is 0 Å². The first-order valence-electron chi connectivity index (χ1n) is 10.8. The Morgan fingerprint density at radius 3 is 2.12 bits per heavy atom. The highest BCUT2D eigenvalue weighted by atomic mass is 35.5. The Labute approximate surface area is 201 Å². The molecule has 1 N–H and O–H groups in total. The van der Waals surface area contributed by atoms with Crippen LogP contribution in [-0.2, 0) is 26.2 Å². The van der Waals surface area contributed by atoms with Gasteiger partial charge in [-0.3, -0.25) is 9.59 Å². The second-order valence-corrected chi connectivity index (χ2v) is 11.0. The van der Waals surface area contributed by atoms with E-state index in [4.69, 9.17) is 11.6 Å². The summed E-state index contributed by atoms with van der Waals surface area (Å²) in [6, 6.07) is 12.6. The molecule has 0 aliphatic rings. The quantitative estimate of drug-likeness (QED) is 0.549. The maximum atomic E-state index is 13.3. The lowest BCUT2D eigenvalue weighted by Gasteiger charge is -2.30. The van der Waals surface area contributed by atoms with Crippen molar-refractivity contribution in [2.75, 3.05) is 20.1 Å². The Morgan fingerprint density at radius 2 is 1.58 bits per heavy atom. The summed E-state index contributed by atoms with van der Waals surface area (Å²) in [5.41, 5.74) is 1.71. The van der Waals surface area contributed by atoms with Crippen LogP contribution in [0.25, 0.3) is 0 Å². The minimum Gasteiger partial charge on any atom is -0.354 e. The van der Waals surface area contributed by atoms with E-state index in [9.17, 15) is 18.0 Å². The molecular weight excluding hydrogens is 462 g/mol. The van der Waals surface area contributed by atoms with Gasteiger partial charge in [0.1, 0.15) is 6.04 Å². The Morgan fingerprint density at radius 1 is 1.00 bits per heavy atom. The highest BCUT2D eigenvalue weighted by Crippen LogP contribution is 2.17. The number of hydrogen-bond acceptors (Lipinski definition) is 4. The predicted octanol–water partition coefficient (Wildman–Crippen LogP) is 3.46. The van der Waals surface area contributed by atoms with Crippen molar-refractivity contribution in [2.24, 2.45) is 5.92 Å². The summed E-state index contributed by atoms with van der Waals surface area (Å²) in [7, 11) is -2.50. The molecule has 0 spiro atoms. The number of amides is 2. The van der Waals surface area contributed by atoms with E-state index >= 15 is 0 Å². The van der Waals surface area contributed by atoms with Crippen LogP contribution in [0.4, 0.5) is 0 Å². The predicted molar refractivity (Wildman–Crippen MR) is 130 cm³/mol. The minimum atomic E-state index is -3.86. The van der Waals surface area contributed by atoms with Gasteiger partial charge in [-0.05, 0) is 49.6 Å². The molecule has 180 valence electrons. The number of rotatable bonds is 10. The normalized spacial score (nSPS) is 12.6. The molecule has 0 aliphatic heterocycles. The number of carbonyl (C=O) groups excluding carboxylic acids is 2. The molecule has 0 aliphatic carbocycles. The summed E-state index contributed by atoms with van der Waals surface area (Å²) in [5.74, 6) is -0.516. The lowest BCUT2D eigenvalue weighted by molar-refractivity contribution is -0.140. The lowest BCUT2D eigenvalue weighted by atomic mass is 10.1. The first-order chi connectivity index (χ1) is 15.4. The van der Waals surface area contributed by atoms with Crippen LogP contribution in [0.15, 0.2) is 53.4 Å². The van der Waals surface area contributed by atoms with Crippen molar-refractivity contribution in [1.29, 1.82) is 0 Å². The topological polar surface area (TPSA) is 86.8 Å². The zero-order valence-corrected chi connectivity index (χ0v) is 21.3. The van der Waals surface area contributed by atoms with Crippen molar-refractivity contribution in [2.45, 2.75) is 45.2 Å². The molecule has 9 heteroatoms. The zero-order valence-electron chi connectivity index (χ0n) is 19.7. The molecule has 33 heavy (non-hydrogen) atoms. The Balaban J connectivity index is 2.24. The van der Waals surface area contributed by atoms with Crippen molar-refractivity contribution in [3.05, 3.63) is 64.7 Å². The Kier molecular flexibility index (Phi) is 9.46. The molecule has 2 aromatic rings. The third kappa shape index (κ3) is 7.55. The first kappa shape index (κ1) is 26.8. The SMILES string of the molecule is Cc1ccc(S(=O)(=O)N(C)CC(=O)N(Cc2ccc(Cl)cc2)[C@H](C)C(=O)NCC(C)C)cc1. The van der Waals surface area contributed by atoms with Gasteiger partial charge in [0.25, 0.3) is 0 Å². The molecule has 0 heterocycles. The molecule has 0 bridgehead atoms. The fraction of sp³-hybridized carbons (Fsp3) is 0.417. The number of hydrogen-bond donors (Lipinski definition) is 1. The van der Waals surface area contributed by atoms with Crippen molar-refractivity contribution >= 4 is 33.4 Å². The van der Waals surface area contributed by atoms with Gasteiger partial charge in [0.2, 0.25) is 21.8 Å². The molecule has 2 aromatic carbocycles. The van der Waals surface area contributed by atoms with Gasteiger partial charge in [-0.15, -0.1) is 0 Å². The summed E-state index contributed by atoms with van der Waals surface area (Å²) in [4.78, 5) is 27.5. The van der Waals surface area contributed by atoms with Crippen LogP contribution in [0.1, 0.15) is 31.9 Å². The maximum absolute atomic E-state index is 13.3. The van der Waals surface area contributed by atoms with Gasteiger partial charge in [0, 0.05) is 25.2 Å². The van der Waals surface area contributed by atoms with Crippen LogP contribution >= 0.6 is 11.6 Å². The van der Waals surface area contributed by atoms with Crippen molar-refractivity contribution in [3.63, 3.8) is 0 Å². The summed E-state index contributed by atoms with van der Waals surface area (Å²) in [6.07, 6.45) is 0. The van der Waals surface area contributed by atoms with Crippen LogP contribution in [-0.4, -0.2) is 55.6 Å². The van der Waals surface area contributed by atoms with Gasteiger partial charge in [0.05, 0.1) is 11.4 Å². The van der Waals surface area contributed by atoms with E-state index in [2.05, 4.69) is 5.32 Å². The standard InChI is InChI=1S/C24H32ClN3O4S/c1-17(2)14-26-24(30)19(4)28(15-20-8-10-21(25)11-9-20)23(29)16-27(5)33(31,32)22-12-6-18(3)7-13-22/h6-13,17,19H,14-16H2,1-5H3,(H,26,30)/t19-/m1/s1. The van der Waals surface area contributed by atoms with Gasteiger partial charge in [-0.2, -0.15) is 4.31 Å². The smallest absolute Gasteiger partial charge is 0.243 e. The molecule has 7 nitrogen and oxygen atoms in total. The van der Waals surface area contributed by atoms with Gasteiger partial charge in [0.15, 0.2) is 0 Å². The van der Waals surface area contributed by atoms with Crippen LogP contribution < -0.4 is 5.32 Å².